The topological polar surface area (TPSA) is 12.0 Å². The van der Waals surface area contributed by atoms with Gasteiger partial charge >= 0.3 is 0 Å². The summed E-state index contributed by atoms with van der Waals surface area (Å²) in [7, 11) is 0. The van der Waals surface area contributed by atoms with Crippen LogP contribution in [-0.2, 0) is 0 Å². The van der Waals surface area contributed by atoms with Crippen molar-refractivity contribution in [2.45, 2.75) is 64.3 Å². The van der Waals surface area contributed by atoms with Crippen LogP contribution < -0.4 is 5.32 Å². The molecule has 1 spiro atoms. The number of anilines is 1. The van der Waals surface area contributed by atoms with Crippen LogP contribution in [-0.4, -0.2) is 6.04 Å². The lowest BCUT2D eigenvalue weighted by atomic mass is 9.71. The molecule has 1 nitrogen and oxygen atoms in total. The summed E-state index contributed by atoms with van der Waals surface area (Å²) in [5, 5.41) is 4.55. The van der Waals surface area contributed by atoms with Gasteiger partial charge in [0.1, 0.15) is 0 Å². The summed E-state index contributed by atoms with van der Waals surface area (Å²) in [6.45, 7) is 2.13. The minimum Gasteiger partial charge on any atom is -0.382 e. The number of nitrogens with one attached hydrogen (secondary N) is 1. The second-order valence-electron chi connectivity index (χ2n) is 6.58. The highest BCUT2D eigenvalue weighted by molar-refractivity contribution is 6.30. The predicted molar refractivity (Wildman–Crippen MR) is 83.0 cm³/mol. The monoisotopic (exact) mass is 277 g/mol. The molecule has 0 saturated heterocycles. The van der Waals surface area contributed by atoms with Crippen LogP contribution >= 0.6 is 11.6 Å². The van der Waals surface area contributed by atoms with E-state index in [0.717, 1.165) is 10.4 Å². The van der Waals surface area contributed by atoms with E-state index in [1.165, 1.54) is 62.6 Å². The molecule has 3 rings (SSSR count). The maximum atomic E-state index is 6.01. The van der Waals surface area contributed by atoms with E-state index in [4.69, 9.17) is 11.6 Å². The third-order valence-electron chi connectivity index (χ3n) is 5.26. The molecule has 2 saturated carbocycles. The molecule has 0 bridgehead atoms. The molecule has 1 aromatic rings. The molecule has 104 valence electrons. The molecule has 19 heavy (non-hydrogen) atoms. The van der Waals surface area contributed by atoms with Crippen molar-refractivity contribution < 1.29 is 0 Å². The van der Waals surface area contributed by atoms with Crippen LogP contribution in [0.2, 0.25) is 5.02 Å². The molecule has 0 atom stereocenters. The predicted octanol–water partition coefficient (Wildman–Crippen LogP) is 5.56. The third-order valence-corrected chi connectivity index (χ3v) is 5.49. The highest BCUT2D eigenvalue weighted by Gasteiger charge is 2.37. The summed E-state index contributed by atoms with van der Waals surface area (Å²) in [5.41, 5.74) is 3.25. The smallest absolute Gasteiger partial charge is 0.0410 e. The fraction of sp³-hybridized carbons (Fsp3) is 0.647. The maximum absolute atomic E-state index is 6.01. The van der Waals surface area contributed by atoms with Crippen LogP contribution in [0.15, 0.2) is 18.2 Å². The Morgan fingerprint density at radius 2 is 1.79 bits per heavy atom. The third kappa shape index (κ3) is 2.91. The molecule has 2 fully saturated rings. The van der Waals surface area contributed by atoms with Crippen LogP contribution in [0.4, 0.5) is 5.69 Å². The maximum Gasteiger partial charge on any atom is 0.0410 e. The van der Waals surface area contributed by atoms with E-state index in [-0.39, 0.29) is 0 Å². The number of benzene rings is 1. The Bertz CT molecular complexity index is 439. The van der Waals surface area contributed by atoms with Crippen LogP contribution in [0.5, 0.6) is 0 Å². The molecule has 0 amide bonds. The first-order chi connectivity index (χ1) is 9.17. The van der Waals surface area contributed by atoms with Gasteiger partial charge in [0.25, 0.3) is 0 Å². The van der Waals surface area contributed by atoms with Gasteiger partial charge in [-0.15, -0.1) is 0 Å². The summed E-state index contributed by atoms with van der Waals surface area (Å²) in [6.07, 6.45) is 11.4. The molecule has 2 aliphatic rings. The summed E-state index contributed by atoms with van der Waals surface area (Å²) in [6, 6.07) is 6.81. The Morgan fingerprint density at radius 3 is 2.42 bits per heavy atom. The SMILES string of the molecule is Cc1cc(Cl)ccc1NC1CCC2(CCCC2)CC1. The molecular weight excluding hydrogens is 254 g/mol. The van der Waals surface area contributed by atoms with Crippen molar-refractivity contribution in [1.29, 1.82) is 0 Å². The minimum absolute atomic E-state index is 0.658. The van der Waals surface area contributed by atoms with Crippen molar-refractivity contribution in [3.8, 4) is 0 Å². The first-order valence-corrected chi connectivity index (χ1v) is 8.07. The van der Waals surface area contributed by atoms with Gasteiger partial charge in [0.05, 0.1) is 0 Å². The molecule has 2 aliphatic carbocycles. The first kappa shape index (κ1) is 13.3. The largest absolute Gasteiger partial charge is 0.382 e. The quantitative estimate of drug-likeness (QED) is 0.746. The van der Waals surface area contributed by atoms with Gasteiger partial charge in [-0.1, -0.05) is 24.4 Å². The second-order valence-corrected chi connectivity index (χ2v) is 7.02. The van der Waals surface area contributed by atoms with Gasteiger partial charge in [-0.05, 0) is 74.6 Å². The van der Waals surface area contributed by atoms with Crippen LogP contribution in [0.3, 0.4) is 0 Å². The lowest BCUT2D eigenvalue weighted by molar-refractivity contribution is 0.188. The van der Waals surface area contributed by atoms with Crippen LogP contribution in [0, 0.1) is 12.3 Å². The van der Waals surface area contributed by atoms with Gasteiger partial charge in [0, 0.05) is 16.8 Å². The zero-order chi connectivity index (χ0) is 13.3. The Balaban J connectivity index is 1.60. The number of hydrogen-bond acceptors (Lipinski definition) is 1. The lowest BCUT2D eigenvalue weighted by Crippen LogP contribution is -2.31. The van der Waals surface area contributed by atoms with Gasteiger partial charge in [0.2, 0.25) is 0 Å². The van der Waals surface area contributed by atoms with Gasteiger partial charge in [0.15, 0.2) is 0 Å². The van der Waals surface area contributed by atoms with E-state index >= 15 is 0 Å². The Hall–Kier alpha value is -0.690. The normalized spacial score (nSPS) is 22.8. The van der Waals surface area contributed by atoms with E-state index < -0.39 is 0 Å². The molecule has 0 aliphatic heterocycles. The lowest BCUT2D eigenvalue weighted by Gasteiger charge is -2.38. The van der Waals surface area contributed by atoms with E-state index in [1.54, 1.807) is 0 Å². The van der Waals surface area contributed by atoms with Gasteiger partial charge < -0.3 is 5.32 Å². The van der Waals surface area contributed by atoms with Gasteiger partial charge in [-0.25, -0.2) is 0 Å². The molecule has 1 N–H and O–H groups in total. The Labute approximate surface area is 121 Å². The van der Waals surface area contributed by atoms with Crippen LogP contribution in [0.25, 0.3) is 0 Å². The van der Waals surface area contributed by atoms with Gasteiger partial charge in [-0.2, -0.15) is 0 Å². The summed E-state index contributed by atoms with van der Waals surface area (Å²) in [5.74, 6) is 0. The average molecular weight is 278 g/mol. The number of hydrogen-bond donors (Lipinski definition) is 1. The zero-order valence-electron chi connectivity index (χ0n) is 11.8. The molecule has 0 heterocycles. The fourth-order valence-corrected chi connectivity index (χ4v) is 4.24. The second kappa shape index (κ2) is 5.36. The molecule has 1 aromatic carbocycles. The highest BCUT2D eigenvalue weighted by Crippen LogP contribution is 2.49. The summed E-state index contributed by atoms with van der Waals surface area (Å²) < 4.78 is 0. The van der Waals surface area contributed by atoms with E-state index in [1.807, 2.05) is 12.1 Å². The number of aryl methyl sites for hydroxylation is 1. The highest BCUT2D eigenvalue weighted by atomic mass is 35.5. The standard InChI is InChI=1S/C17H24ClN/c1-13-12-14(18)4-5-16(13)19-15-6-10-17(11-7-15)8-2-3-9-17/h4-5,12,15,19H,2-3,6-11H2,1H3. The molecular formula is C17H24ClN. The summed E-state index contributed by atoms with van der Waals surface area (Å²) in [4.78, 5) is 0. The van der Waals surface area contributed by atoms with Crippen LogP contribution in [0.1, 0.15) is 56.9 Å². The van der Waals surface area contributed by atoms with Crippen molar-refractivity contribution in [3.05, 3.63) is 28.8 Å². The Morgan fingerprint density at radius 1 is 1.11 bits per heavy atom. The number of halogens is 1. The zero-order valence-corrected chi connectivity index (χ0v) is 12.6. The molecule has 0 radical (unpaired) electrons. The minimum atomic E-state index is 0.658. The fourth-order valence-electron chi connectivity index (χ4n) is 4.01. The molecule has 0 unspecified atom stereocenters. The summed E-state index contributed by atoms with van der Waals surface area (Å²) >= 11 is 6.01. The van der Waals surface area contributed by atoms with Crippen molar-refractivity contribution in [2.24, 2.45) is 5.41 Å². The van der Waals surface area contributed by atoms with Crippen molar-refractivity contribution in [3.63, 3.8) is 0 Å². The average Bonchev–Trinajstić information content (AvgIpc) is 2.84. The van der Waals surface area contributed by atoms with E-state index in [9.17, 15) is 0 Å². The Kier molecular flexibility index (Phi) is 3.75. The van der Waals surface area contributed by atoms with Crippen molar-refractivity contribution >= 4 is 17.3 Å². The number of rotatable bonds is 2. The van der Waals surface area contributed by atoms with Crippen molar-refractivity contribution in [2.75, 3.05) is 5.32 Å². The molecule has 0 aromatic heterocycles. The van der Waals surface area contributed by atoms with E-state index in [0.29, 0.717) is 6.04 Å². The molecule has 2 heteroatoms. The first-order valence-electron chi connectivity index (χ1n) is 7.70. The van der Waals surface area contributed by atoms with Crippen molar-refractivity contribution in [1.82, 2.24) is 0 Å². The van der Waals surface area contributed by atoms with Gasteiger partial charge in [-0.3, -0.25) is 0 Å². The van der Waals surface area contributed by atoms with E-state index in [2.05, 4.69) is 18.3 Å².